The molecule has 3 aliphatic rings. The van der Waals surface area contributed by atoms with Crippen LogP contribution in [0.4, 0.5) is 0 Å². The van der Waals surface area contributed by atoms with E-state index in [4.69, 9.17) is 5.11 Å². The lowest BCUT2D eigenvalue weighted by Gasteiger charge is -2.11. The molecule has 4 nitrogen and oxygen atoms in total. The zero-order valence-electron chi connectivity index (χ0n) is 10.1. The van der Waals surface area contributed by atoms with Gasteiger partial charge >= 0.3 is 5.97 Å². The molecule has 3 aliphatic carbocycles. The van der Waals surface area contributed by atoms with Gasteiger partial charge in [-0.15, -0.1) is 0 Å². The van der Waals surface area contributed by atoms with E-state index in [-0.39, 0.29) is 18.4 Å². The Morgan fingerprint density at radius 3 is 2.41 bits per heavy atom. The van der Waals surface area contributed by atoms with Crippen LogP contribution in [-0.2, 0) is 9.59 Å². The fourth-order valence-corrected chi connectivity index (χ4v) is 4.13. The summed E-state index contributed by atoms with van der Waals surface area (Å²) >= 11 is 0. The normalized spacial score (nSPS) is 43.0. The molecule has 17 heavy (non-hydrogen) atoms. The van der Waals surface area contributed by atoms with E-state index in [0.29, 0.717) is 11.8 Å². The third kappa shape index (κ3) is 1.65. The van der Waals surface area contributed by atoms with Crippen LogP contribution < -0.4 is 5.32 Å². The highest BCUT2D eigenvalue weighted by Crippen LogP contribution is 2.69. The Balaban J connectivity index is 1.51. The molecule has 3 fully saturated rings. The molecule has 0 aromatic heterocycles. The van der Waals surface area contributed by atoms with Gasteiger partial charge in [-0.1, -0.05) is 6.92 Å². The summed E-state index contributed by atoms with van der Waals surface area (Å²) in [5.74, 6) is 1.82. The summed E-state index contributed by atoms with van der Waals surface area (Å²) in [5, 5.41) is 11.6. The van der Waals surface area contributed by atoms with Crippen molar-refractivity contribution in [2.24, 2.45) is 35.5 Å². The van der Waals surface area contributed by atoms with Gasteiger partial charge in [0.15, 0.2) is 0 Å². The molecular formula is C13H19NO3. The van der Waals surface area contributed by atoms with Gasteiger partial charge in [0.05, 0.1) is 5.92 Å². The predicted octanol–water partition coefficient (Wildman–Crippen LogP) is 1.12. The number of fused-ring (bicyclic) bond motifs is 5. The minimum atomic E-state index is -0.846. The molecule has 2 bridgehead atoms. The van der Waals surface area contributed by atoms with E-state index in [1.165, 1.54) is 19.3 Å². The molecule has 0 heterocycles. The number of aliphatic carboxylic acids is 1. The average Bonchev–Trinajstić information content (AvgIpc) is 2.74. The molecule has 4 heteroatoms. The van der Waals surface area contributed by atoms with Crippen LogP contribution in [0.3, 0.4) is 0 Å². The van der Waals surface area contributed by atoms with E-state index in [1.54, 1.807) is 6.92 Å². The lowest BCUT2D eigenvalue weighted by molar-refractivity contribution is -0.141. The standard InChI is InChI=1S/C13H19NO3/c1-6(13(16)17)5-14-12(15)11-9-7-2-3-8(4-7)10(9)11/h6-11H,2-5H2,1H3,(H,14,15)(H,16,17). The highest BCUT2D eigenvalue weighted by Gasteiger charge is 2.67. The van der Waals surface area contributed by atoms with Crippen LogP contribution in [0.5, 0.6) is 0 Å². The predicted molar refractivity (Wildman–Crippen MR) is 61.1 cm³/mol. The second-order valence-corrected chi connectivity index (χ2v) is 6.00. The Kier molecular flexibility index (Phi) is 2.42. The van der Waals surface area contributed by atoms with Crippen molar-refractivity contribution in [3.8, 4) is 0 Å². The highest BCUT2D eigenvalue weighted by atomic mass is 16.4. The molecule has 0 aromatic carbocycles. The lowest BCUT2D eigenvalue weighted by atomic mass is 10.0. The van der Waals surface area contributed by atoms with Crippen molar-refractivity contribution in [3.05, 3.63) is 0 Å². The quantitative estimate of drug-likeness (QED) is 0.770. The van der Waals surface area contributed by atoms with Gasteiger partial charge in [0.2, 0.25) is 5.91 Å². The summed E-state index contributed by atoms with van der Waals surface area (Å²) < 4.78 is 0. The molecule has 1 amide bonds. The number of carbonyl (C=O) groups excluding carboxylic acids is 1. The van der Waals surface area contributed by atoms with E-state index in [1.807, 2.05) is 0 Å². The maximum Gasteiger partial charge on any atom is 0.308 e. The second-order valence-electron chi connectivity index (χ2n) is 6.00. The van der Waals surface area contributed by atoms with E-state index in [2.05, 4.69) is 5.32 Å². The summed E-state index contributed by atoms with van der Waals surface area (Å²) in [6.07, 6.45) is 3.95. The van der Waals surface area contributed by atoms with Crippen molar-refractivity contribution < 1.29 is 14.7 Å². The summed E-state index contributed by atoms with van der Waals surface area (Å²) in [7, 11) is 0. The number of rotatable bonds is 4. The van der Waals surface area contributed by atoms with Crippen molar-refractivity contribution >= 4 is 11.9 Å². The van der Waals surface area contributed by atoms with Gasteiger partial charge in [-0.05, 0) is 42.9 Å². The maximum atomic E-state index is 12.0. The number of carbonyl (C=O) groups is 2. The summed E-state index contributed by atoms with van der Waals surface area (Å²) in [5.41, 5.74) is 0. The number of carboxylic acids is 1. The number of hydrogen-bond acceptors (Lipinski definition) is 2. The molecule has 0 aliphatic heterocycles. The van der Waals surface area contributed by atoms with E-state index < -0.39 is 11.9 Å². The zero-order chi connectivity index (χ0) is 12.2. The van der Waals surface area contributed by atoms with Gasteiger partial charge < -0.3 is 10.4 Å². The SMILES string of the molecule is CC(CNC(=O)C1C2C3CCC(C3)C12)C(=O)O. The number of carboxylic acid groups (broad SMARTS) is 1. The Morgan fingerprint density at radius 1 is 1.29 bits per heavy atom. The van der Waals surface area contributed by atoms with E-state index in [0.717, 1.165) is 11.8 Å². The number of nitrogens with one attached hydrogen (secondary N) is 1. The smallest absolute Gasteiger partial charge is 0.308 e. The molecule has 3 rings (SSSR count). The molecule has 3 saturated carbocycles. The number of amides is 1. The molecule has 2 N–H and O–H groups in total. The van der Waals surface area contributed by atoms with Crippen LogP contribution in [0, 0.1) is 35.5 Å². The fraction of sp³-hybridized carbons (Fsp3) is 0.846. The van der Waals surface area contributed by atoms with Gasteiger partial charge in [0.1, 0.15) is 0 Å². The molecular weight excluding hydrogens is 218 g/mol. The number of hydrogen-bond donors (Lipinski definition) is 2. The highest BCUT2D eigenvalue weighted by molar-refractivity contribution is 5.83. The topological polar surface area (TPSA) is 66.4 Å². The van der Waals surface area contributed by atoms with Crippen LogP contribution in [-0.4, -0.2) is 23.5 Å². The summed E-state index contributed by atoms with van der Waals surface area (Å²) in [6, 6.07) is 0. The Bertz CT molecular complexity index is 352. The molecule has 0 aromatic rings. The first-order valence-electron chi connectivity index (χ1n) is 6.60. The van der Waals surface area contributed by atoms with Gasteiger partial charge in [-0.2, -0.15) is 0 Å². The molecule has 5 unspecified atom stereocenters. The van der Waals surface area contributed by atoms with Crippen LogP contribution in [0.2, 0.25) is 0 Å². The Labute approximate surface area is 101 Å². The maximum absolute atomic E-state index is 12.0. The molecule has 0 saturated heterocycles. The van der Waals surface area contributed by atoms with Gasteiger partial charge in [0.25, 0.3) is 0 Å². The van der Waals surface area contributed by atoms with Crippen LogP contribution >= 0.6 is 0 Å². The Hall–Kier alpha value is -1.06. The molecule has 94 valence electrons. The van der Waals surface area contributed by atoms with Crippen molar-refractivity contribution in [2.75, 3.05) is 6.54 Å². The summed E-state index contributed by atoms with van der Waals surface area (Å²) in [6.45, 7) is 1.89. The first-order valence-corrected chi connectivity index (χ1v) is 6.60. The van der Waals surface area contributed by atoms with Gasteiger partial charge in [0, 0.05) is 12.5 Å². The first kappa shape index (κ1) is 11.1. The van der Waals surface area contributed by atoms with Crippen molar-refractivity contribution in [3.63, 3.8) is 0 Å². The van der Waals surface area contributed by atoms with Crippen molar-refractivity contribution in [1.82, 2.24) is 5.32 Å². The Morgan fingerprint density at radius 2 is 1.88 bits per heavy atom. The minimum absolute atomic E-state index is 0.102. The monoisotopic (exact) mass is 237 g/mol. The average molecular weight is 237 g/mol. The zero-order valence-corrected chi connectivity index (χ0v) is 10.1. The summed E-state index contributed by atoms with van der Waals surface area (Å²) in [4.78, 5) is 22.6. The minimum Gasteiger partial charge on any atom is -0.481 e. The fourth-order valence-electron chi connectivity index (χ4n) is 4.13. The van der Waals surface area contributed by atoms with E-state index in [9.17, 15) is 9.59 Å². The molecule has 0 radical (unpaired) electrons. The van der Waals surface area contributed by atoms with Crippen molar-refractivity contribution in [2.45, 2.75) is 26.2 Å². The third-order valence-corrected chi connectivity index (χ3v) is 5.04. The van der Waals surface area contributed by atoms with Gasteiger partial charge in [-0.3, -0.25) is 9.59 Å². The second kappa shape index (κ2) is 3.72. The molecule has 0 spiro atoms. The van der Waals surface area contributed by atoms with Crippen LogP contribution in [0.25, 0.3) is 0 Å². The third-order valence-electron chi connectivity index (χ3n) is 5.04. The van der Waals surface area contributed by atoms with Crippen LogP contribution in [0.15, 0.2) is 0 Å². The van der Waals surface area contributed by atoms with Gasteiger partial charge in [-0.25, -0.2) is 0 Å². The van der Waals surface area contributed by atoms with Crippen LogP contribution in [0.1, 0.15) is 26.2 Å². The lowest BCUT2D eigenvalue weighted by Crippen LogP contribution is -2.33. The molecule has 5 atom stereocenters. The first-order chi connectivity index (χ1) is 8.09. The largest absolute Gasteiger partial charge is 0.481 e. The van der Waals surface area contributed by atoms with Crippen molar-refractivity contribution in [1.29, 1.82) is 0 Å². The van der Waals surface area contributed by atoms with E-state index >= 15 is 0 Å².